The molecule has 4 aliphatic carbocycles. The number of carbonyl (C=O) groups excluding carboxylic acids is 2. The smallest absolute Gasteiger partial charge is 0.320 e. The highest BCUT2D eigenvalue weighted by Crippen LogP contribution is 2.77. The third-order valence-corrected chi connectivity index (χ3v) is 8.36. The van der Waals surface area contributed by atoms with E-state index in [2.05, 4.69) is 6.58 Å². The fourth-order valence-corrected chi connectivity index (χ4v) is 7.43. The monoisotopic (exact) mass is 362 g/mol. The van der Waals surface area contributed by atoms with Crippen LogP contribution in [0.1, 0.15) is 32.6 Å². The van der Waals surface area contributed by atoms with Gasteiger partial charge in [-0.2, -0.15) is 0 Å². The molecule has 3 N–H and O–H groups in total. The second-order valence-corrected chi connectivity index (χ2v) is 9.12. The Morgan fingerprint density at radius 2 is 2.00 bits per heavy atom. The highest BCUT2D eigenvalue weighted by Gasteiger charge is 2.86. The molecule has 0 aromatic carbocycles. The summed E-state index contributed by atoms with van der Waals surface area (Å²) in [6.45, 7) is 5.52. The zero-order valence-electron chi connectivity index (χ0n) is 14.5. The molecule has 0 radical (unpaired) electrons. The van der Waals surface area contributed by atoms with E-state index in [1.807, 2.05) is 0 Å². The summed E-state index contributed by atoms with van der Waals surface area (Å²) in [5, 5.41) is 31.6. The van der Waals surface area contributed by atoms with Crippen LogP contribution >= 0.6 is 0 Å². The van der Waals surface area contributed by atoms with Gasteiger partial charge in [-0.1, -0.05) is 12.2 Å². The number of ether oxygens (including phenoxy) is 1. The number of fused-ring (bicyclic) bond motifs is 1. The summed E-state index contributed by atoms with van der Waals surface area (Å²) in [6, 6.07) is 0. The van der Waals surface area contributed by atoms with Crippen LogP contribution < -0.4 is 0 Å². The van der Waals surface area contributed by atoms with Crippen molar-refractivity contribution in [2.75, 3.05) is 0 Å². The van der Waals surface area contributed by atoms with E-state index in [4.69, 9.17) is 4.74 Å². The van der Waals surface area contributed by atoms with Crippen molar-refractivity contribution in [2.45, 2.75) is 50.4 Å². The maximum atomic E-state index is 12.7. The minimum atomic E-state index is -1.56. The number of hydrogen-bond donors (Lipinski definition) is 3. The van der Waals surface area contributed by atoms with Crippen molar-refractivity contribution in [2.24, 2.45) is 34.5 Å². The van der Waals surface area contributed by atoms with Crippen LogP contribution in [0.25, 0.3) is 0 Å². The number of aliphatic hydroxyl groups is 2. The van der Waals surface area contributed by atoms with Gasteiger partial charge in [-0.3, -0.25) is 14.4 Å². The lowest BCUT2D eigenvalue weighted by Gasteiger charge is -2.46. The van der Waals surface area contributed by atoms with Gasteiger partial charge >= 0.3 is 11.9 Å². The second-order valence-electron chi connectivity index (χ2n) is 9.12. The van der Waals surface area contributed by atoms with Crippen LogP contribution in [0.2, 0.25) is 0 Å². The van der Waals surface area contributed by atoms with Crippen LogP contribution in [0.3, 0.4) is 0 Å². The first-order chi connectivity index (χ1) is 12.1. The van der Waals surface area contributed by atoms with Crippen LogP contribution in [0, 0.1) is 34.5 Å². The number of esters is 1. The van der Waals surface area contributed by atoms with Gasteiger partial charge in [-0.25, -0.2) is 0 Å². The van der Waals surface area contributed by atoms with E-state index in [1.165, 1.54) is 6.92 Å². The van der Waals surface area contributed by atoms with Crippen molar-refractivity contribution in [3.05, 3.63) is 12.2 Å². The van der Waals surface area contributed by atoms with Gasteiger partial charge in [-0.15, -0.1) is 0 Å². The number of ketones is 1. The fourth-order valence-electron chi connectivity index (χ4n) is 7.43. The van der Waals surface area contributed by atoms with Gasteiger partial charge in [0.25, 0.3) is 0 Å². The number of carbonyl (C=O) groups is 3. The molecule has 5 fully saturated rings. The van der Waals surface area contributed by atoms with Crippen LogP contribution in [0.5, 0.6) is 0 Å². The normalized spacial score (nSPS) is 57.0. The molecule has 4 saturated carbocycles. The lowest BCUT2D eigenvalue weighted by Crippen LogP contribution is -2.59. The molecule has 26 heavy (non-hydrogen) atoms. The van der Waals surface area contributed by atoms with Gasteiger partial charge in [0.05, 0.1) is 12.0 Å². The third-order valence-electron chi connectivity index (χ3n) is 8.36. The van der Waals surface area contributed by atoms with Crippen molar-refractivity contribution < 1.29 is 34.4 Å². The van der Waals surface area contributed by atoms with Crippen molar-refractivity contribution in [3.8, 4) is 0 Å². The predicted octanol–water partition coefficient (Wildman–Crippen LogP) is 0.286. The largest absolute Gasteiger partial charge is 0.481 e. The van der Waals surface area contributed by atoms with Crippen molar-refractivity contribution >= 4 is 17.7 Å². The summed E-state index contributed by atoms with van der Waals surface area (Å²) in [6.07, 6.45) is -1.06. The highest BCUT2D eigenvalue weighted by molar-refractivity contribution is 6.08. The quantitative estimate of drug-likeness (QED) is 0.348. The molecule has 4 bridgehead atoms. The summed E-state index contributed by atoms with van der Waals surface area (Å²) in [7, 11) is 0. The lowest BCUT2D eigenvalue weighted by molar-refractivity contribution is -0.179. The van der Waals surface area contributed by atoms with Gasteiger partial charge in [0, 0.05) is 24.2 Å². The van der Waals surface area contributed by atoms with Gasteiger partial charge in [0.15, 0.2) is 5.78 Å². The van der Waals surface area contributed by atoms with E-state index in [0.717, 1.165) is 5.57 Å². The number of hydrogen-bond acceptors (Lipinski definition) is 6. The molecule has 5 aliphatic rings. The standard InChI is InChI=1S/C19H22O7/c1-7-5-18-6-8(7)9(20)3-10(18)19-12(22)4-11(21)17(2,16(25)26-19)14(19)13(18)15(23)24/h8-10,12-14,20,22H,1,3-6H2,2H3,(H,23,24)/t8-,9+,10-,12-,13-,14-,17-,18+,19+/m1/s1. The molecule has 7 nitrogen and oxygen atoms in total. The molecule has 1 saturated heterocycles. The molecular formula is C19H22O7. The van der Waals surface area contributed by atoms with Gasteiger partial charge in [0.2, 0.25) is 0 Å². The average molecular weight is 362 g/mol. The van der Waals surface area contributed by atoms with Crippen molar-refractivity contribution in [1.29, 1.82) is 0 Å². The van der Waals surface area contributed by atoms with E-state index in [1.54, 1.807) is 0 Å². The molecule has 9 atom stereocenters. The molecule has 7 heteroatoms. The summed E-state index contributed by atoms with van der Waals surface area (Å²) in [5.74, 6) is -4.85. The molecule has 0 aromatic heterocycles. The van der Waals surface area contributed by atoms with Gasteiger partial charge in [0.1, 0.15) is 17.1 Å². The number of carboxylic acids is 1. The molecule has 140 valence electrons. The second kappa shape index (κ2) is 4.39. The first-order valence-electron chi connectivity index (χ1n) is 9.14. The Balaban J connectivity index is 1.80. The van der Waals surface area contributed by atoms with Crippen LogP contribution in [0.15, 0.2) is 12.2 Å². The fraction of sp³-hybridized carbons (Fsp3) is 0.737. The maximum Gasteiger partial charge on any atom is 0.320 e. The SMILES string of the molecule is C=C1C[C@]23C[C@H]1[C@@H](O)C[C@H]2[C@]12OC(=O)[C@](C)(C(=O)C[C@H]1O)[C@H]2[C@@H]3C(=O)O. The van der Waals surface area contributed by atoms with Gasteiger partial charge in [-0.05, 0) is 31.6 Å². The number of aliphatic hydroxyl groups excluding tert-OH is 2. The molecule has 5 rings (SSSR count). The maximum absolute atomic E-state index is 12.7. The number of aliphatic carboxylic acids is 1. The van der Waals surface area contributed by atoms with E-state index >= 15 is 0 Å². The topological polar surface area (TPSA) is 121 Å². The first-order valence-corrected chi connectivity index (χ1v) is 9.14. The Bertz CT molecular complexity index is 789. The third kappa shape index (κ3) is 1.39. The lowest BCUT2D eigenvalue weighted by atomic mass is 9.58. The minimum Gasteiger partial charge on any atom is -0.481 e. The summed E-state index contributed by atoms with van der Waals surface area (Å²) in [5.41, 5.74) is -2.90. The zero-order chi connectivity index (χ0) is 18.8. The Labute approximate surface area is 150 Å². The highest BCUT2D eigenvalue weighted by atomic mass is 16.6. The van der Waals surface area contributed by atoms with E-state index in [9.17, 15) is 29.7 Å². The van der Waals surface area contributed by atoms with Crippen molar-refractivity contribution in [3.63, 3.8) is 0 Å². The number of rotatable bonds is 1. The molecule has 1 aliphatic heterocycles. The molecule has 1 heterocycles. The van der Waals surface area contributed by atoms with Crippen LogP contribution in [0.4, 0.5) is 0 Å². The molecular weight excluding hydrogens is 340 g/mol. The minimum absolute atomic E-state index is 0.181. The van der Waals surface area contributed by atoms with Crippen molar-refractivity contribution in [1.82, 2.24) is 0 Å². The first kappa shape index (κ1) is 16.4. The summed E-state index contributed by atoms with van der Waals surface area (Å²) in [4.78, 5) is 37.8. The Morgan fingerprint density at radius 3 is 2.65 bits per heavy atom. The average Bonchev–Trinajstić information content (AvgIpc) is 3.05. The molecule has 1 spiro atoms. The zero-order valence-corrected chi connectivity index (χ0v) is 14.5. The summed E-state index contributed by atoms with van der Waals surface area (Å²) < 4.78 is 5.75. The van der Waals surface area contributed by atoms with Gasteiger partial charge < -0.3 is 20.1 Å². The van der Waals surface area contributed by atoms with E-state index in [-0.39, 0.29) is 18.8 Å². The Kier molecular flexibility index (Phi) is 2.78. The van der Waals surface area contributed by atoms with Crippen LogP contribution in [-0.4, -0.2) is 50.9 Å². The number of carboxylic acid groups (broad SMARTS) is 1. The van der Waals surface area contributed by atoms with E-state index < -0.39 is 64.1 Å². The number of Topliss-reactive ketones (excluding diaryl/α,β-unsaturated/α-hetero) is 1. The van der Waals surface area contributed by atoms with E-state index in [0.29, 0.717) is 12.8 Å². The Morgan fingerprint density at radius 1 is 1.31 bits per heavy atom. The Hall–Kier alpha value is -1.73. The molecule has 0 amide bonds. The van der Waals surface area contributed by atoms with Crippen LogP contribution in [-0.2, 0) is 19.1 Å². The summed E-state index contributed by atoms with van der Waals surface area (Å²) >= 11 is 0. The molecule has 0 unspecified atom stereocenters. The molecule has 0 aromatic rings. The predicted molar refractivity (Wildman–Crippen MR) is 85.6 cm³/mol.